The highest BCUT2D eigenvalue weighted by atomic mass is 16.5. The Labute approximate surface area is 328 Å². The van der Waals surface area contributed by atoms with E-state index in [0.29, 0.717) is 50.3 Å². The minimum Gasteiger partial charge on any atom is -0.492 e. The Morgan fingerprint density at radius 3 is 1.61 bits per heavy atom. The van der Waals surface area contributed by atoms with Gasteiger partial charge in [0.2, 0.25) is 0 Å². The summed E-state index contributed by atoms with van der Waals surface area (Å²) in [4.78, 5) is 52.2. The molecule has 3 aliphatic rings. The maximum absolute atomic E-state index is 14.0. The van der Waals surface area contributed by atoms with Crippen molar-refractivity contribution in [3.63, 3.8) is 0 Å². The number of aliphatic carboxylic acids is 3. The molecular weight excluding hydrogens is 714 g/mol. The number of nitrogens with one attached hydrogen (secondary N) is 4. The molecule has 6 rings (SSSR count). The summed E-state index contributed by atoms with van der Waals surface area (Å²) < 4.78 is 6.16. The highest BCUT2D eigenvalue weighted by Crippen LogP contribution is 2.28. The van der Waals surface area contributed by atoms with E-state index in [2.05, 4.69) is 21.3 Å². The van der Waals surface area contributed by atoms with Gasteiger partial charge in [0, 0.05) is 12.2 Å². The highest BCUT2D eigenvalue weighted by molar-refractivity contribution is 5.89. The summed E-state index contributed by atoms with van der Waals surface area (Å²) in [5.41, 5.74) is 3.98. The van der Waals surface area contributed by atoms with E-state index in [4.69, 9.17) is 4.74 Å². The molecular formula is C43H55N5O8. The molecule has 3 heterocycles. The maximum Gasteiger partial charge on any atom is 0.322 e. The van der Waals surface area contributed by atoms with Gasteiger partial charge in [0.05, 0.1) is 24.3 Å². The van der Waals surface area contributed by atoms with Crippen molar-refractivity contribution < 1.29 is 39.2 Å². The number of carbonyl (C=O) groups excluding carboxylic acids is 1. The van der Waals surface area contributed by atoms with Crippen LogP contribution in [0, 0.1) is 35.5 Å². The lowest BCUT2D eigenvalue weighted by atomic mass is 9.86. The Morgan fingerprint density at radius 1 is 0.643 bits per heavy atom. The van der Waals surface area contributed by atoms with Crippen LogP contribution >= 0.6 is 0 Å². The van der Waals surface area contributed by atoms with E-state index in [0.717, 1.165) is 61.2 Å². The Bertz CT molecular complexity index is 1800. The maximum atomic E-state index is 14.0. The molecule has 0 spiro atoms. The summed E-state index contributed by atoms with van der Waals surface area (Å²) in [5.74, 6) is -3.22. The Kier molecular flexibility index (Phi) is 14.3. The van der Waals surface area contributed by atoms with Gasteiger partial charge in [0.15, 0.2) is 0 Å². The van der Waals surface area contributed by atoms with Crippen LogP contribution in [0.25, 0.3) is 0 Å². The van der Waals surface area contributed by atoms with Crippen LogP contribution in [0.15, 0.2) is 72.8 Å². The smallest absolute Gasteiger partial charge is 0.322 e. The molecule has 3 aliphatic heterocycles. The lowest BCUT2D eigenvalue weighted by Crippen LogP contribution is -2.37. The number of amides is 2. The van der Waals surface area contributed by atoms with Crippen LogP contribution in [0.3, 0.4) is 0 Å². The molecule has 3 aromatic rings. The molecule has 13 nitrogen and oxygen atoms in total. The van der Waals surface area contributed by atoms with Crippen LogP contribution in [0.1, 0.15) is 41.5 Å². The monoisotopic (exact) mass is 769 g/mol. The first-order valence-electron chi connectivity index (χ1n) is 19.9. The van der Waals surface area contributed by atoms with Crippen LogP contribution < -0.4 is 26.0 Å². The molecule has 0 unspecified atom stereocenters. The molecule has 3 saturated heterocycles. The predicted molar refractivity (Wildman–Crippen MR) is 212 cm³/mol. The molecule has 56 heavy (non-hydrogen) atoms. The number of rotatable bonds is 19. The van der Waals surface area contributed by atoms with Gasteiger partial charge < -0.3 is 46.2 Å². The van der Waals surface area contributed by atoms with Crippen LogP contribution in [0.5, 0.6) is 5.75 Å². The van der Waals surface area contributed by atoms with Crippen molar-refractivity contribution in [3.05, 3.63) is 95.1 Å². The van der Waals surface area contributed by atoms with Gasteiger partial charge in [-0.3, -0.25) is 14.4 Å². The summed E-state index contributed by atoms with van der Waals surface area (Å²) in [5, 5.41) is 42.8. The van der Waals surface area contributed by atoms with Crippen molar-refractivity contribution in [1.82, 2.24) is 20.9 Å². The molecule has 3 fully saturated rings. The number of carboxylic acids is 3. The van der Waals surface area contributed by atoms with E-state index < -0.39 is 35.7 Å². The molecule has 0 aromatic heterocycles. The summed E-state index contributed by atoms with van der Waals surface area (Å²) in [7, 11) is 0. The third-order valence-electron chi connectivity index (χ3n) is 11.7. The van der Waals surface area contributed by atoms with Crippen molar-refractivity contribution in [2.45, 2.75) is 45.1 Å². The van der Waals surface area contributed by atoms with E-state index in [9.17, 15) is 34.5 Å². The molecule has 0 aliphatic carbocycles. The fourth-order valence-electron chi connectivity index (χ4n) is 8.53. The predicted octanol–water partition coefficient (Wildman–Crippen LogP) is 4.36. The summed E-state index contributed by atoms with van der Waals surface area (Å²) in [6, 6.07) is 22.1. The lowest BCUT2D eigenvalue weighted by Gasteiger charge is -2.25. The second kappa shape index (κ2) is 19.7. The zero-order valence-electron chi connectivity index (χ0n) is 31.8. The summed E-state index contributed by atoms with van der Waals surface area (Å²) in [6.45, 7) is 5.10. The highest BCUT2D eigenvalue weighted by Gasteiger charge is 2.33. The minimum absolute atomic E-state index is 0.0431. The third kappa shape index (κ3) is 11.3. The number of nitrogens with zero attached hydrogens (tertiary/aromatic N) is 1. The minimum atomic E-state index is -0.825. The number of ether oxygens (including phenoxy) is 1. The average Bonchev–Trinajstić information content (AvgIpc) is 4.00. The number of anilines is 1. The van der Waals surface area contributed by atoms with E-state index in [1.165, 1.54) is 0 Å². The largest absolute Gasteiger partial charge is 0.492 e. The van der Waals surface area contributed by atoms with Crippen LogP contribution in [-0.2, 0) is 40.2 Å². The zero-order chi connectivity index (χ0) is 39.4. The van der Waals surface area contributed by atoms with E-state index in [1.54, 1.807) is 11.0 Å². The standard InChI is InChI=1S/C43H55N5O8/c49-40(50)37(32-10-13-44-24-32)21-28-4-1-7-31(18-28)27-48(16-17-56-36-9-3-6-30(20-36)23-39(42(53)54)34-12-15-46-26-34)43(55)47-35-8-2-5-29(19-35)22-38(41(51)52)33-11-14-45-25-33/h1-9,18-20,32-34,37-39,44-46H,10-17,21-27H2,(H,47,55)(H,49,50)(H,51,52)(H,53,54)/t32-,33-,34-,37-,38-,39-/m0/s1. The van der Waals surface area contributed by atoms with Crippen molar-refractivity contribution in [2.24, 2.45) is 35.5 Å². The second-order valence-corrected chi connectivity index (χ2v) is 15.6. The van der Waals surface area contributed by atoms with Crippen LogP contribution in [0.2, 0.25) is 0 Å². The molecule has 7 N–H and O–H groups in total. The topological polar surface area (TPSA) is 190 Å². The normalized spacial score (nSPS) is 20.9. The first kappa shape index (κ1) is 40.7. The number of carbonyl (C=O) groups is 4. The summed E-state index contributed by atoms with van der Waals surface area (Å²) in [6.07, 6.45) is 3.61. The van der Waals surface area contributed by atoms with Gasteiger partial charge in [0.1, 0.15) is 12.4 Å². The van der Waals surface area contributed by atoms with Gasteiger partial charge in [-0.25, -0.2) is 4.79 Å². The number of urea groups is 1. The SMILES string of the molecule is O=C(O)[C@@H](Cc1cccc(CN(CCOc2cccc(C[C@H](C(=O)O)[C@H]3CCNC3)c2)C(=O)Nc2cccc(C[C@H](C(=O)O)[C@H]3CCNC3)c2)c1)[C@H]1CCNC1. The molecule has 6 atom stereocenters. The van der Waals surface area contributed by atoms with Crippen molar-refractivity contribution in [2.75, 3.05) is 57.7 Å². The fraction of sp³-hybridized carbons (Fsp3) is 0.488. The van der Waals surface area contributed by atoms with Crippen LogP contribution in [-0.4, -0.2) is 96.6 Å². The lowest BCUT2D eigenvalue weighted by molar-refractivity contribution is -0.144. The van der Waals surface area contributed by atoms with E-state index in [-0.39, 0.29) is 43.5 Å². The fourth-order valence-corrected chi connectivity index (χ4v) is 8.53. The molecule has 0 bridgehead atoms. The first-order valence-corrected chi connectivity index (χ1v) is 19.9. The summed E-state index contributed by atoms with van der Waals surface area (Å²) >= 11 is 0. The van der Waals surface area contributed by atoms with Crippen molar-refractivity contribution in [3.8, 4) is 5.75 Å². The number of carboxylic acid groups (broad SMARTS) is 3. The van der Waals surface area contributed by atoms with Crippen LogP contribution in [0.4, 0.5) is 10.5 Å². The van der Waals surface area contributed by atoms with Gasteiger partial charge in [-0.15, -0.1) is 0 Å². The molecule has 0 radical (unpaired) electrons. The number of hydrogen-bond acceptors (Lipinski definition) is 8. The molecule has 0 saturated carbocycles. The van der Waals surface area contributed by atoms with Crippen molar-refractivity contribution in [1.29, 1.82) is 0 Å². The van der Waals surface area contributed by atoms with Gasteiger partial charge in [0.25, 0.3) is 0 Å². The van der Waals surface area contributed by atoms with Gasteiger partial charge in [-0.05, 0) is 142 Å². The zero-order valence-corrected chi connectivity index (χ0v) is 31.8. The Morgan fingerprint density at radius 2 is 1.11 bits per heavy atom. The van der Waals surface area contributed by atoms with Gasteiger partial charge in [-0.2, -0.15) is 0 Å². The van der Waals surface area contributed by atoms with E-state index in [1.807, 2.05) is 66.7 Å². The Hall–Kier alpha value is -4.98. The molecule has 300 valence electrons. The quantitative estimate of drug-likeness (QED) is 0.0918. The molecule has 13 heteroatoms. The van der Waals surface area contributed by atoms with E-state index >= 15 is 0 Å². The number of benzene rings is 3. The van der Waals surface area contributed by atoms with Gasteiger partial charge >= 0.3 is 23.9 Å². The third-order valence-corrected chi connectivity index (χ3v) is 11.7. The molecule has 3 aromatic carbocycles. The second-order valence-electron chi connectivity index (χ2n) is 15.6. The van der Waals surface area contributed by atoms with Gasteiger partial charge in [-0.1, -0.05) is 48.5 Å². The van der Waals surface area contributed by atoms with Crippen molar-refractivity contribution >= 4 is 29.6 Å². The first-order chi connectivity index (χ1) is 27.1. The Balaban J connectivity index is 1.15. The average molecular weight is 770 g/mol. The molecule has 2 amide bonds. The number of hydrogen-bond donors (Lipinski definition) is 7.